The van der Waals surface area contributed by atoms with E-state index in [4.69, 9.17) is 5.26 Å². The van der Waals surface area contributed by atoms with E-state index in [2.05, 4.69) is 10.00 Å². The van der Waals surface area contributed by atoms with E-state index < -0.39 is 10.0 Å². The van der Waals surface area contributed by atoms with Crippen LogP contribution in [0.25, 0.3) is 0 Å². The third-order valence-corrected chi connectivity index (χ3v) is 7.42. The molecule has 0 spiro atoms. The molecule has 154 valence electrons. The number of hydrogen-bond acceptors (Lipinski definition) is 6. The molecule has 0 aliphatic carbocycles. The average molecular weight is 409 g/mol. The molecule has 10 heteroatoms. The monoisotopic (exact) mass is 408 g/mol. The van der Waals surface area contributed by atoms with Crippen molar-refractivity contribution in [2.45, 2.75) is 38.6 Å². The summed E-state index contributed by atoms with van der Waals surface area (Å²) in [6, 6.07) is 3.69. The molecule has 28 heavy (non-hydrogen) atoms. The Morgan fingerprint density at radius 1 is 1.25 bits per heavy atom. The minimum Gasteiger partial charge on any atom is -0.296 e. The maximum Gasteiger partial charge on any atom is 0.245 e. The molecule has 0 unspecified atom stereocenters. The number of unbranched alkanes of at least 4 members (excludes halogenated alkanes) is 1. The highest BCUT2D eigenvalue weighted by Gasteiger charge is 2.37. The van der Waals surface area contributed by atoms with E-state index in [0.717, 1.165) is 24.4 Å². The zero-order valence-corrected chi connectivity index (χ0v) is 17.4. The van der Waals surface area contributed by atoms with Gasteiger partial charge in [0, 0.05) is 52.3 Å². The Morgan fingerprint density at radius 3 is 2.57 bits per heavy atom. The highest BCUT2D eigenvalue weighted by molar-refractivity contribution is 7.89. The zero-order valence-electron chi connectivity index (χ0n) is 16.5. The summed E-state index contributed by atoms with van der Waals surface area (Å²) >= 11 is 0. The number of nitriles is 1. The summed E-state index contributed by atoms with van der Waals surface area (Å²) in [5.41, 5.74) is 0.877. The standard InChI is InChI=1S/C18H28N6O3S/c1-15-14-17(21(2)20-15)24-8-5-6-16(18(24)25)22-9-11-23(12-10-22)28(26,27)13-4-3-7-19/h14,16H,3-6,8-13H2,1-2H3/t16-/m1/s1. The number of piperidine rings is 1. The number of amides is 1. The Bertz CT molecular complexity index is 851. The number of aryl methyl sites for hydroxylation is 2. The van der Waals surface area contributed by atoms with Gasteiger partial charge in [-0.15, -0.1) is 0 Å². The Hall–Kier alpha value is -1.96. The van der Waals surface area contributed by atoms with E-state index in [0.29, 0.717) is 39.1 Å². The van der Waals surface area contributed by atoms with Crippen LogP contribution in [-0.2, 0) is 21.9 Å². The summed E-state index contributed by atoms with van der Waals surface area (Å²) in [4.78, 5) is 17.0. The van der Waals surface area contributed by atoms with Crippen molar-refractivity contribution in [2.75, 3.05) is 43.4 Å². The van der Waals surface area contributed by atoms with Crippen molar-refractivity contribution in [3.05, 3.63) is 11.8 Å². The van der Waals surface area contributed by atoms with Crippen LogP contribution in [0.4, 0.5) is 5.82 Å². The van der Waals surface area contributed by atoms with Crippen molar-refractivity contribution in [3.63, 3.8) is 0 Å². The topological polar surface area (TPSA) is 103 Å². The first-order chi connectivity index (χ1) is 13.3. The second-order valence-electron chi connectivity index (χ2n) is 7.43. The van der Waals surface area contributed by atoms with Gasteiger partial charge in [0.05, 0.1) is 23.6 Å². The summed E-state index contributed by atoms with van der Waals surface area (Å²) in [6.07, 6.45) is 2.31. The third-order valence-electron chi connectivity index (χ3n) is 5.46. The predicted molar refractivity (Wildman–Crippen MR) is 105 cm³/mol. The number of hydrogen-bond donors (Lipinski definition) is 0. The number of aromatic nitrogens is 2. The van der Waals surface area contributed by atoms with Crippen LogP contribution in [-0.4, -0.2) is 77.8 Å². The van der Waals surface area contributed by atoms with E-state index in [1.54, 1.807) is 9.58 Å². The first-order valence-electron chi connectivity index (χ1n) is 9.74. The van der Waals surface area contributed by atoms with Gasteiger partial charge < -0.3 is 0 Å². The van der Waals surface area contributed by atoms with E-state index in [9.17, 15) is 13.2 Å². The van der Waals surface area contributed by atoms with E-state index in [1.165, 1.54) is 4.31 Å². The Kier molecular flexibility index (Phi) is 6.37. The summed E-state index contributed by atoms with van der Waals surface area (Å²) in [5, 5.41) is 12.9. The lowest BCUT2D eigenvalue weighted by atomic mass is 10.0. The van der Waals surface area contributed by atoms with E-state index in [-0.39, 0.29) is 24.1 Å². The maximum atomic E-state index is 13.1. The van der Waals surface area contributed by atoms with Crippen LogP contribution in [0, 0.1) is 18.3 Å². The second-order valence-corrected chi connectivity index (χ2v) is 9.52. The molecule has 1 aromatic rings. The van der Waals surface area contributed by atoms with Crippen LogP contribution in [0.15, 0.2) is 6.07 Å². The molecular formula is C18H28N6O3S. The zero-order chi connectivity index (χ0) is 20.3. The summed E-state index contributed by atoms with van der Waals surface area (Å²) in [7, 11) is -1.49. The maximum absolute atomic E-state index is 13.1. The SMILES string of the molecule is Cc1cc(N2CCC[C@@H](N3CCN(S(=O)(=O)CCCC#N)CC3)C2=O)n(C)n1. The van der Waals surface area contributed by atoms with Crippen LogP contribution in [0.5, 0.6) is 0 Å². The minimum atomic E-state index is -3.33. The number of carbonyl (C=O) groups is 1. The molecule has 2 aliphatic rings. The average Bonchev–Trinajstić information content (AvgIpc) is 3.00. The van der Waals surface area contributed by atoms with Gasteiger partial charge in [0.25, 0.3) is 0 Å². The van der Waals surface area contributed by atoms with Crippen LogP contribution in [0.1, 0.15) is 31.4 Å². The Labute approximate surface area is 166 Å². The minimum absolute atomic E-state index is 0.0105. The molecule has 9 nitrogen and oxygen atoms in total. The largest absolute Gasteiger partial charge is 0.296 e. The normalized spacial score (nSPS) is 22.4. The number of piperazine rings is 1. The van der Waals surface area contributed by atoms with Gasteiger partial charge in [-0.25, -0.2) is 8.42 Å². The molecule has 0 bridgehead atoms. The van der Waals surface area contributed by atoms with Gasteiger partial charge in [0.15, 0.2) is 0 Å². The van der Waals surface area contributed by atoms with Crippen LogP contribution in [0.2, 0.25) is 0 Å². The first-order valence-corrected chi connectivity index (χ1v) is 11.4. The van der Waals surface area contributed by atoms with Gasteiger partial charge in [-0.2, -0.15) is 14.7 Å². The molecule has 2 fully saturated rings. The fourth-order valence-corrected chi connectivity index (χ4v) is 5.52. The smallest absolute Gasteiger partial charge is 0.245 e. The number of carbonyl (C=O) groups excluding carboxylic acids is 1. The number of nitrogens with zero attached hydrogens (tertiary/aromatic N) is 6. The van der Waals surface area contributed by atoms with Crippen molar-refractivity contribution in [3.8, 4) is 6.07 Å². The lowest BCUT2D eigenvalue weighted by molar-refractivity contribution is -0.126. The molecule has 0 radical (unpaired) electrons. The van der Waals surface area contributed by atoms with Gasteiger partial charge in [-0.1, -0.05) is 0 Å². The molecule has 0 aromatic carbocycles. The lowest BCUT2D eigenvalue weighted by Crippen LogP contribution is -2.58. The second kappa shape index (κ2) is 8.59. The molecule has 0 saturated carbocycles. The molecular weight excluding hydrogens is 380 g/mol. The van der Waals surface area contributed by atoms with Crippen LogP contribution in [0.3, 0.4) is 0 Å². The van der Waals surface area contributed by atoms with Gasteiger partial charge in [0.2, 0.25) is 15.9 Å². The Balaban J connectivity index is 1.62. The molecule has 1 aromatic heterocycles. The molecule has 3 heterocycles. The number of sulfonamides is 1. The van der Waals surface area contributed by atoms with Gasteiger partial charge in [0.1, 0.15) is 5.82 Å². The number of rotatable bonds is 6. The summed E-state index contributed by atoms with van der Waals surface area (Å²) in [5.74, 6) is 0.891. The van der Waals surface area contributed by atoms with Crippen molar-refractivity contribution in [1.82, 2.24) is 19.0 Å². The van der Waals surface area contributed by atoms with Gasteiger partial charge in [-0.3, -0.25) is 19.3 Å². The van der Waals surface area contributed by atoms with Crippen LogP contribution < -0.4 is 4.90 Å². The van der Waals surface area contributed by atoms with Gasteiger partial charge in [-0.05, 0) is 26.2 Å². The van der Waals surface area contributed by atoms with Crippen molar-refractivity contribution in [2.24, 2.45) is 7.05 Å². The number of anilines is 1. The molecule has 1 amide bonds. The van der Waals surface area contributed by atoms with Crippen LogP contribution >= 0.6 is 0 Å². The van der Waals surface area contributed by atoms with Crippen molar-refractivity contribution >= 4 is 21.7 Å². The Morgan fingerprint density at radius 2 is 1.96 bits per heavy atom. The summed E-state index contributed by atoms with van der Waals surface area (Å²) in [6.45, 7) is 4.47. The predicted octanol–water partition coefficient (Wildman–Crippen LogP) is 0.475. The molecule has 0 N–H and O–H groups in total. The highest BCUT2D eigenvalue weighted by atomic mass is 32.2. The third kappa shape index (κ3) is 4.37. The lowest BCUT2D eigenvalue weighted by Gasteiger charge is -2.42. The fourth-order valence-electron chi connectivity index (χ4n) is 4.03. The quantitative estimate of drug-likeness (QED) is 0.634. The fraction of sp³-hybridized carbons (Fsp3) is 0.722. The molecule has 1 atom stereocenters. The molecule has 3 rings (SSSR count). The van der Waals surface area contributed by atoms with E-state index in [1.807, 2.05) is 26.1 Å². The summed E-state index contributed by atoms with van der Waals surface area (Å²) < 4.78 is 28.0. The van der Waals surface area contributed by atoms with Crippen molar-refractivity contribution < 1.29 is 13.2 Å². The molecule has 2 saturated heterocycles. The van der Waals surface area contributed by atoms with E-state index >= 15 is 0 Å². The van der Waals surface area contributed by atoms with Gasteiger partial charge >= 0.3 is 0 Å². The first kappa shape index (κ1) is 20.8. The van der Waals surface area contributed by atoms with Crippen molar-refractivity contribution in [1.29, 1.82) is 5.26 Å². The molecule has 2 aliphatic heterocycles. The highest BCUT2D eigenvalue weighted by Crippen LogP contribution is 2.25.